The van der Waals surface area contributed by atoms with Crippen molar-refractivity contribution in [3.05, 3.63) is 28.7 Å². The molecular weight excluding hydrogens is 266 g/mol. The Balaban J connectivity index is 2.28. The van der Waals surface area contributed by atoms with Crippen LogP contribution in [0.5, 0.6) is 5.75 Å². The van der Waals surface area contributed by atoms with E-state index >= 15 is 0 Å². The van der Waals surface area contributed by atoms with E-state index in [2.05, 4.69) is 42.0 Å². The maximum Gasteiger partial charge on any atom is 0.120 e. The fourth-order valence-electron chi connectivity index (χ4n) is 1.29. The summed E-state index contributed by atoms with van der Waals surface area (Å²) in [6.07, 6.45) is 0. The summed E-state index contributed by atoms with van der Waals surface area (Å²) in [4.78, 5) is 0. The van der Waals surface area contributed by atoms with Gasteiger partial charge in [-0.2, -0.15) is 0 Å². The van der Waals surface area contributed by atoms with Crippen molar-refractivity contribution in [2.45, 2.75) is 26.8 Å². The molecule has 0 saturated heterocycles. The number of benzene rings is 1. The van der Waals surface area contributed by atoms with Crippen molar-refractivity contribution >= 4 is 15.9 Å². The Kier molecular flexibility index (Phi) is 5.85. The molecule has 0 fully saturated rings. The summed E-state index contributed by atoms with van der Waals surface area (Å²) in [6.45, 7) is 8.24. The van der Waals surface area contributed by atoms with Gasteiger partial charge in [-0.3, -0.25) is 0 Å². The Morgan fingerprint density at radius 3 is 2.69 bits per heavy atom. The number of halogens is 1. The zero-order valence-corrected chi connectivity index (χ0v) is 11.8. The largest absolute Gasteiger partial charge is 0.493 e. The third-order valence-electron chi connectivity index (χ3n) is 2.21. The fraction of sp³-hybridized carbons (Fsp3) is 0.538. The Hall–Kier alpha value is -0.540. The first-order valence-electron chi connectivity index (χ1n) is 5.69. The molecule has 0 amide bonds. The van der Waals surface area contributed by atoms with Gasteiger partial charge in [0, 0.05) is 23.0 Å². The first-order valence-corrected chi connectivity index (χ1v) is 6.49. The molecule has 1 atom stereocenters. The van der Waals surface area contributed by atoms with Crippen molar-refractivity contribution in [2.24, 2.45) is 5.92 Å². The van der Waals surface area contributed by atoms with Crippen LogP contribution in [0.3, 0.4) is 0 Å². The molecule has 3 heteroatoms. The van der Waals surface area contributed by atoms with Crippen LogP contribution < -0.4 is 10.1 Å². The van der Waals surface area contributed by atoms with Gasteiger partial charge in [0.15, 0.2) is 0 Å². The smallest absolute Gasteiger partial charge is 0.120 e. The Labute approximate surface area is 107 Å². The lowest BCUT2D eigenvalue weighted by Gasteiger charge is -2.15. The molecule has 90 valence electrons. The van der Waals surface area contributed by atoms with Gasteiger partial charge in [0.25, 0.3) is 0 Å². The third-order valence-corrected chi connectivity index (χ3v) is 2.70. The minimum atomic E-state index is 0.515. The van der Waals surface area contributed by atoms with Crippen LogP contribution in [0.2, 0.25) is 0 Å². The number of hydrogen-bond donors (Lipinski definition) is 1. The van der Waals surface area contributed by atoms with Crippen LogP contribution in [0.15, 0.2) is 28.7 Å². The summed E-state index contributed by atoms with van der Waals surface area (Å²) in [5.74, 6) is 1.44. The molecule has 0 aromatic heterocycles. The molecule has 16 heavy (non-hydrogen) atoms. The van der Waals surface area contributed by atoms with Crippen molar-refractivity contribution in [1.29, 1.82) is 0 Å². The highest BCUT2D eigenvalue weighted by Gasteiger charge is 2.04. The zero-order chi connectivity index (χ0) is 12.0. The lowest BCUT2D eigenvalue weighted by molar-refractivity contribution is 0.253. The SMILES string of the molecule is CC(CNC(C)C)COc1cccc(Br)c1. The molecule has 0 aliphatic carbocycles. The van der Waals surface area contributed by atoms with Gasteiger partial charge in [0.05, 0.1) is 6.61 Å². The van der Waals surface area contributed by atoms with E-state index in [4.69, 9.17) is 4.74 Å². The second-order valence-electron chi connectivity index (χ2n) is 4.44. The van der Waals surface area contributed by atoms with Crippen LogP contribution in [0, 0.1) is 5.92 Å². The molecule has 1 N–H and O–H groups in total. The lowest BCUT2D eigenvalue weighted by atomic mass is 10.2. The average Bonchev–Trinajstić information content (AvgIpc) is 2.23. The minimum absolute atomic E-state index is 0.515. The first-order chi connectivity index (χ1) is 7.58. The highest BCUT2D eigenvalue weighted by molar-refractivity contribution is 9.10. The second-order valence-corrected chi connectivity index (χ2v) is 5.35. The lowest BCUT2D eigenvalue weighted by Crippen LogP contribution is -2.30. The standard InChI is InChI=1S/C13H20BrNO/c1-10(2)15-8-11(3)9-16-13-6-4-5-12(14)7-13/h4-7,10-11,15H,8-9H2,1-3H3. The molecule has 0 spiro atoms. The molecule has 1 aromatic carbocycles. The first kappa shape index (κ1) is 13.5. The molecule has 0 saturated carbocycles. The van der Waals surface area contributed by atoms with Crippen molar-refractivity contribution in [3.63, 3.8) is 0 Å². The summed E-state index contributed by atoms with van der Waals surface area (Å²) < 4.78 is 6.76. The van der Waals surface area contributed by atoms with Crippen LogP contribution >= 0.6 is 15.9 Å². The summed E-state index contributed by atoms with van der Waals surface area (Å²) in [7, 11) is 0. The number of ether oxygens (including phenoxy) is 1. The summed E-state index contributed by atoms with van der Waals surface area (Å²) >= 11 is 3.43. The Morgan fingerprint density at radius 2 is 2.06 bits per heavy atom. The van der Waals surface area contributed by atoms with E-state index in [1.54, 1.807) is 0 Å². The van der Waals surface area contributed by atoms with Gasteiger partial charge >= 0.3 is 0 Å². The van der Waals surface area contributed by atoms with Gasteiger partial charge in [-0.15, -0.1) is 0 Å². The highest BCUT2D eigenvalue weighted by atomic mass is 79.9. The van der Waals surface area contributed by atoms with E-state index in [0.29, 0.717) is 12.0 Å². The van der Waals surface area contributed by atoms with Gasteiger partial charge in [-0.1, -0.05) is 42.8 Å². The van der Waals surface area contributed by atoms with Crippen molar-refractivity contribution in [2.75, 3.05) is 13.2 Å². The van der Waals surface area contributed by atoms with Gasteiger partial charge in [-0.25, -0.2) is 0 Å². The van der Waals surface area contributed by atoms with E-state index in [9.17, 15) is 0 Å². The molecule has 2 nitrogen and oxygen atoms in total. The molecule has 0 radical (unpaired) electrons. The van der Waals surface area contributed by atoms with Crippen LogP contribution in [-0.4, -0.2) is 19.2 Å². The predicted molar refractivity (Wildman–Crippen MR) is 71.9 cm³/mol. The number of rotatable bonds is 6. The predicted octanol–water partition coefficient (Wildman–Crippen LogP) is 3.46. The van der Waals surface area contributed by atoms with Crippen LogP contribution in [0.25, 0.3) is 0 Å². The topological polar surface area (TPSA) is 21.3 Å². The summed E-state index contributed by atoms with van der Waals surface area (Å²) in [5, 5.41) is 3.40. The summed E-state index contributed by atoms with van der Waals surface area (Å²) in [5.41, 5.74) is 0. The summed E-state index contributed by atoms with van der Waals surface area (Å²) in [6, 6.07) is 8.48. The molecule has 1 unspecified atom stereocenters. The van der Waals surface area contributed by atoms with Crippen LogP contribution in [0.4, 0.5) is 0 Å². The molecule has 0 heterocycles. The van der Waals surface area contributed by atoms with Gasteiger partial charge in [-0.05, 0) is 18.2 Å². The van der Waals surface area contributed by atoms with Gasteiger partial charge in [0.2, 0.25) is 0 Å². The minimum Gasteiger partial charge on any atom is -0.493 e. The van der Waals surface area contributed by atoms with Crippen molar-refractivity contribution < 1.29 is 4.74 Å². The van der Waals surface area contributed by atoms with Gasteiger partial charge < -0.3 is 10.1 Å². The van der Waals surface area contributed by atoms with Gasteiger partial charge in [0.1, 0.15) is 5.75 Å². The van der Waals surface area contributed by atoms with E-state index in [0.717, 1.165) is 23.4 Å². The van der Waals surface area contributed by atoms with E-state index in [-0.39, 0.29) is 0 Å². The highest BCUT2D eigenvalue weighted by Crippen LogP contribution is 2.18. The average molecular weight is 286 g/mol. The monoisotopic (exact) mass is 285 g/mol. The molecule has 1 aromatic rings. The molecular formula is C13H20BrNO. The normalized spacial score (nSPS) is 12.8. The van der Waals surface area contributed by atoms with Crippen LogP contribution in [-0.2, 0) is 0 Å². The van der Waals surface area contributed by atoms with E-state index < -0.39 is 0 Å². The number of hydrogen-bond acceptors (Lipinski definition) is 2. The molecule has 0 aliphatic rings. The Morgan fingerprint density at radius 1 is 1.31 bits per heavy atom. The van der Waals surface area contributed by atoms with Crippen molar-refractivity contribution in [1.82, 2.24) is 5.32 Å². The maximum absolute atomic E-state index is 5.71. The fourth-order valence-corrected chi connectivity index (χ4v) is 1.67. The molecule has 0 aliphatic heterocycles. The zero-order valence-electron chi connectivity index (χ0n) is 10.2. The quantitative estimate of drug-likeness (QED) is 0.864. The van der Waals surface area contributed by atoms with Crippen LogP contribution in [0.1, 0.15) is 20.8 Å². The maximum atomic E-state index is 5.71. The van der Waals surface area contributed by atoms with E-state index in [1.807, 2.05) is 24.3 Å². The van der Waals surface area contributed by atoms with E-state index in [1.165, 1.54) is 0 Å². The third kappa shape index (κ3) is 5.52. The molecule has 0 bridgehead atoms. The molecule has 1 rings (SSSR count). The number of nitrogens with one attached hydrogen (secondary N) is 1. The Bertz CT molecular complexity index is 315. The van der Waals surface area contributed by atoms with Crippen molar-refractivity contribution in [3.8, 4) is 5.75 Å². The second kappa shape index (κ2) is 6.92.